The van der Waals surface area contributed by atoms with Crippen LogP contribution in [0.5, 0.6) is 0 Å². The molecule has 1 amide bonds. The fourth-order valence-corrected chi connectivity index (χ4v) is 2.91. The molecule has 0 saturated carbocycles. The number of nitrogens with zero attached hydrogens (tertiary/aromatic N) is 2. The molecule has 1 aromatic rings. The first-order valence-corrected chi connectivity index (χ1v) is 7.97. The molecular weight excluding hydrogens is 262 g/mol. The van der Waals surface area contributed by atoms with E-state index in [-0.39, 0.29) is 11.9 Å². The van der Waals surface area contributed by atoms with Crippen LogP contribution in [0.4, 0.5) is 0 Å². The number of rotatable bonds is 5. The molecule has 116 valence electrons. The van der Waals surface area contributed by atoms with Crippen molar-refractivity contribution in [1.82, 2.24) is 15.1 Å². The van der Waals surface area contributed by atoms with Crippen LogP contribution in [0.3, 0.4) is 0 Å². The number of hydrogen-bond donors (Lipinski definition) is 1. The number of amides is 1. The zero-order valence-corrected chi connectivity index (χ0v) is 13.4. The third kappa shape index (κ3) is 3.83. The third-order valence-electron chi connectivity index (χ3n) is 4.22. The Morgan fingerprint density at radius 3 is 2.29 bits per heavy atom. The van der Waals surface area contributed by atoms with Gasteiger partial charge in [0.05, 0.1) is 0 Å². The summed E-state index contributed by atoms with van der Waals surface area (Å²) in [5, 5.41) is 3.36. The maximum Gasteiger partial charge on any atom is 0.244 e. The summed E-state index contributed by atoms with van der Waals surface area (Å²) in [6, 6.07) is 8.25. The smallest absolute Gasteiger partial charge is 0.244 e. The van der Waals surface area contributed by atoms with Gasteiger partial charge in [0.15, 0.2) is 0 Å². The lowest BCUT2D eigenvalue weighted by molar-refractivity contribution is -0.137. The molecule has 0 radical (unpaired) electrons. The Hall–Kier alpha value is -1.39. The first-order chi connectivity index (χ1) is 10.2. The number of benzene rings is 1. The fourth-order valence-electron chi connectivity index (χ4n) is 2.91. The maximum atomic E-state index is 13.0. The van der Waals surface area contributed by atoms with E-state index in [0.717, 1.165) is 44.8 Å². The minimum absolute atomic E-state index is 0.146. The Kier molecular flexibility index (Phi) is 5.76. The van der Waals surface area contributed by atoms with Gasteiger partial charge in [-0.15, -0.1) is 0 Å². The molecule has 1 atom stereocenters. The molecule has 0 aliphatic carbocycles. The zero-order valence-electron chi connectivity index (χ0n) is 13.4. The second kappa shape index (κ2) is 7.57. The van der Waals surface area contributed by atoms with Gasteiger partial charge in [-0.1, -0.05) is 29.8 Å². The highest BCUT2D eigenvalue weighted by Gasteiger charge is 2.30. The second-order valence-electron chi connectivity index (χ2n) is 5.61. The third-order valence-corrected chi connectivity index (χ3v) is 4.22. The molecule has 1 aliphatic heterocycles. The van der Waals surface area contributed by atoms with Crippen LogP contribution < -0.4 is 5.32 Å². The highest BCUT2D eigenvalue weighted by atomic mass is 16.2. The predicted molar refractivity (Wildman–Crippen MR) is 86.3 cm³/mol. The Labute approximate surface area is 128 Å². The van der Waals surface area contributed by atoms with Crippen LogP contribution in [0, 0.1) is 6.92 Å². The summed E-state index contributed by atoms with van der Waals surface area (Å²) in [5.41, 5.74) is 2.34. The van der Waals surface area contributed by atoms with E-state index in [2.05, 4.69) is 41.4 Å². The number of likely N-dealkylation sites (N-methyl/N-ethyl adjacent to an activating group) is 1. The largest absolute Gasteiger partial charge is 0.342 e. The van der Waals surface area contributed by atoms with Crippen molar-refractivity contribution < 1.29 is 4.79 Å². The van der Waals surface area contributed by atoms with E-state index in [0.29, 0.717) is 0 Å². The second-order valence-corrected chi connectivity index (χ2v) is 5.61. The summed E-state index contributed by atoms with van der Waals surface area (Å²) in [6.45, 7) is 11.5. The van der Waals surface area contributed by atoms with Crippen LogP contribution >= 0.6 is 0 Å². The number of nitrogens with one attached hydrogen (secondary N) is 1. The van der Waals surface area contributed by atoms with Crippen molar-refractivity contribution in [3.63, 3.8) is 0 Å². The van der Waals surface area contributed by atoms with Gasteiger partial charge in [0.1, 0.15) is 6.04 Å². The topological polar surface area (TPSA) is 35.6 Å². The first kappa shape index (κ1) is 16.0. The minimum Gasteiger partial charge on any atom is -0.342 e. The molecule has 1 fully saturated rings. The molecule has 21 heavy (non-hydrogen) atoms. The maximum absolute atomic E-state index is 13.0. The van der Waals surface area contributed by atoms with Crippen LogP contribution in [0.1, 0.15) is 31.0 Å². The molecule has 0 aromatic heterocycles. The Bertz CT molecular complexity index is 448. The van der Waals surface area contributed by atoms with Gasteiger partial charge in [-0.25, -0.2) is 0 Å². The van der Waals surface area contributed by atoms with Crippen molar-refractivity contribution in [2.45, 2.75) is 26.8 Å². The van der Waals surface area contributed by atoms with E-state index in [1.54, 1.807) is 0 Å². The van der Waals surface area contributed by atoms with E-state index in [1.165, 1.54) is 5.56 Å². The molecule has 0 spiro atoms. The number of carbonyl (C=O) groups is 1. The average molecular weight is 289 g/mol. The van der Waals surface area contributed by atoms with Crippen molar-refractivity contribution in [3.05, 3.63) is 35.4 Å². The Balaban J connectivity index is 2.28. The monoisotopic (exact) mass is 289 g/mol. The minimum atomic E-state index is -0.146. The van der Waals surface area contributed by atoms with Crippen molar-refractivity contribution in [2.24, 2.45) is 0 Å². The van der Waals surface area contributed by atoms with Gasteiger partial charge < -0.3 is 10.2 Å². The van der Waals surface area contributed by atoms with Crippen LogP contribution in [0.25, 0.3) is 0 Å². The Morgan fingerprint density at radius 2 is 1.76 bits per heavy atom. The van der Waals surface area contributed by atoms with E-state index >= 15 is 0 Å². The van der Waals surface area contributed by atoms with Gasteiger partial charge in [-0.2, -0.15) is 0 Å². The van der Waals surface area contributed by atoms with Gasteiger partial charge in [-0.05, 0) is 26.3 Å². The molecule has 1 unspecified atom stereocenters. The van der Waals surface area contributed by atoms with E-state index in [4.69, 9.17) is 0 Å². The van der Waals surface area contributed by atoms with Crippen LogP contribution in [-0.2, 0) is 4.79 Å². The van der Waals surface area contributed by atoms with Gasteiger partial charge in [0, 0.05) is 39.3 Å². The molecular formula is C17H27N3O. The zero-order chi connectivity index (χ0) is 15.2. The molecule has 1 aliphatic rings. The highest BCUT2D eigenvalue weighted by molar-refractivity contribution is 5.83. The van der Waals surface area contributed by atoms with Gasteiger partial charge in [0.2, 0.25) is 5.91 Å². The molecule has 1 heterocycles. The number of hydrogen-bond acceptors (Lipinski definition) is 3. The summed E-state index contributed by atoms with van der Waals surface area (Å²) in [6.07, 6.45) is 0. The van der Waals surface area contributed by atoms with Gasteiger partial charge >= 0.3 is 0 Å². The SMILES string of the molecule is CCN(CC)C(=O)C(c1ccc(C)cc1)N1CCNCC1. The van der Waals surface area contributed by atoms with E-state index < -0.39 is 0 Å². The standard InChI is InChI=1S/C17H27N3O/c1-4-19(5-2)17(21)16(20-12-10-18-11-13-20)15-8-6-14(3)7-9-15/h6-9,16,18H,4-5,10-13H2,1-3H3. The molecule has 4 heteroatoms. The number of aryl methyl sites for hydroxylation is 1. The van der Waals surface area contributed by atoms with Crippen LogP contribution in [0.15, 0.2) is 24.3 Å². The van der Waals surface area contributed by atoms with Gasteiger partial charge in [-0.3, -0.25) is 9.69 Å². The van der Waals surface area contributed by atoms with Crippen LogP contribution in [-0.4, -0.2) is 55.0 Å². The lowest BCUT2D eigenvalue weighted by Crippen LogP contribution is -2.50. The summed E-state index contributed by atoms with van der Waals surface area (Å²) in [4.78, 5) is 17.2. The normalized spacial score (nSPS) is 17.5. The molecule has 2 rings (SSSR count). The quantitative estimate of drug-likeness (QED) is 0.898. The summed E-state index contributed by atoms with van der Waals surface area (Å²) in [7, 11) is 0. The fraction of sp³-hybridized carbons (Fsp3) is 0.588. The van der Waals surface area contributed by atoms with Crippen molar-refractivity contribution in [1.29, 1.82) is 0 Å². The van der Waals surface area contributed by atoms with Crippen molar-refractivity contribution in [3.8, 4) is 0 Å². The molecule has 1 N–H and O–H groups in total. The average Bonchev–Trinajstić information content (AvgIpc) is 2.52. The summed E-state index contributed by atoms with van der Waals surface area (Å²) in [5.74, 6) is 0.228. The lowest BCUT2D eigenvalue weighted by atomic mass is 10.0. The highest BCUT2D eigenvalue weighted by Crippen LogP contribution is 2.24. The van der Waals surface area contributed by atoms with Crippen molar-refractivity contribution >= 4 is 5.91 Å². The lowest BCUT2D eigenvalue weighted by Gasteiger charge is -2.36. The molecule has 1 saturated heterocycles. The van der Waals surface area contributed by atoms with Gasteiger partial charge in [0.25, 0.3) is 0 Å². The first-order valence-electron chi connectivity index (χ1n) is 7.97. The summed E-state index contributed by atoms with van der Waals surface area (Å²) >= 11 is 0. The molecule has 1 aromatic carbocycles. The Morgan fingerprint density at radius 1 is 1.19 bits per heavy atom. The molecule has 4 nitrogen and oxygen atoms in total. The van der Waals surface area contributed by atoms with Crippen molar-refractivity contribution in [2.75, 3.05) is 39.3 Å². The predicted octanol–water partition coefficient (Wildman–Crippen LogP) is 1.81. The van der Waals surface area contributed by atoms with Crippen LogP contribution in [0.2, 0.25) is 0 Å². The van der Waals surface area contributed by atoms with E-state index in [1.807, 2.05) is 18.7 Å². The summed E-state index contributed by atoms with van der Waals surface area (Å²) < 4.78 is 0. The van der Waals surface area contributed by atoms with E-state index in [9.17, 15) is 4.79 Å². The number of piperazine rings is 1. The number of carbonyl (C=O) groups excluding carboxylic acids is 1. The molecule has 0 bridgehead atoms.